The Kier molecular flexibility index (Phi) is 3.86. The summed E-state index contributed by atoms with van der Waals surface area (Å²) in [6.07, 6.45) is 0. The molecule has 0 aliphatic rings. The highest BCUT2D eigenvalue weighted by Crippen LogP contribution is 2.08. The normalized spacial score (nSPS) is 8.94. The van der Waals surface area contributed by atoms with Gasteiger partial charge in [0, 0.05) is 5.69 Å². The lowest BCUT2D eigenvalue weighted by molar-refractivity contribution is -0.117. The molecular weight excluding hydrogens is 208 g/mol. The summed E-state index contributed by atoms with van der Waals surface area (Å²) in [6.45, 7) is -0.220. The number of rotatable bonds is 3. The maximum Gasteiger partial charge on any atom is 0.319 e. The molecule has 82 valence electrons. The number of carbonyl (C=O) groups excluding carboxylic acids is 2. The molecule has 0 fully saturated rings. The predicted molar refractivity (Wildman–Crippen MR) is 57.4 cm³/mol. The molecule has 0 unspecified atom stereocenters. The molecule has 0 spiro atoms. The molecule has 6 nitrogen and oxygen atoms in total. The lowest BCUT2D eigenvalue weighted by Gasteiger charge is -2.05. The second-order valence-corrected chi connectivity index (χ2v) is 2.96. The number of hydrogen-bond acceptors (Lipinski definition) is 3. The van der Waals surface area contributed by atoms with Crippen LogP contribution in [0.1, 0.15) is 5.56 Å². The van der Waals surface area contributed by atoms with Crippen LogP contribution in [0, 0.1) is 11.3 Å². The Morgan fingerprint density at radius 3 is 2.44 bits per heavy atom. The quantitative estimate of drug-likeness (QED) is 0.672. The minimum Gasteiger partial charge on any atom is -0.368 e. The van der Waals surface area contributed by atoms with E-state index in [9.17, 15) is 9.59 Å². The van der Waals surface area contributed by atoms with Crippen molar-refractivity contribution in [1.82, 2.24) is 5.32 Å². The molecular formula is C10H10N4O2. The summed E-state index contributed by atoms with van der Waals surface area (Å²) in [7, 11) is 0. The van der Waals surface area contributed by atoms with Crippen molar-refractivity contribution in [2.75, 3.05) is 11.9 Å². The van der Waals surface area contributed by atoms with Gasteiger partial charge < -0.3 is 16.4 Å². The van der Waals surface area contributed by atoms with E-state index >= 15 is 0 Å². The van der Waals surface area contributed by atoms with E-state index in [1.54, 1.807) is 24.3 Å². The number of urea groups is 1. The van der Waals surface area contributed by atoms with Crippen LogP contribution < -0.4 is 16.4 Å². The van der Waals surface area contributed by atoms with Gasteiger partial charge in [-0.25, -0.2) is 4.79 Å². The number of nitriles is 1. The molecule has 0 aliphatic carbocycles. The number of benzene rings is 1. The van der Waals surface area contributed by atoms with Crippen LogP contribution in [0.15, 0.2) is 24.3 Å². The lowest BCUT2D eigenvalue weighted by Crippen LogP contribution is -2.36. The third-order valence-electron chi connectivity index (χ3n) is 1.70. The minimum atomic E-state index is -0.616. The van der Waals surface area contributed by atoms with Crippen molar-refractivity contribution < 1.29 is 9.59 Å². The van der Waals surface area contributed by atoms with E-state index in [1.165, 1.54) is 0 Å². The molecule has 0 radical (unpaired) electrons. The van der Waals surface area contributed by atoms with Gasteiger partial charge in [-0.05, 0) is 24.3 Å². The topological polar surface area (TPSA) is 108 Å². The summed E-state index contributed by atoms with van der Waals surface area (Å²) >= 11 is 0. The zero-order valence-corrected chi connectivity index (χ0v) is 8.36. The van der Waals surface area contributed by atoms with Gasteiger partial charge in [0.2, 0.25) is 5.91 Å². The van der Waals surface area contributed by atoms with Crippen LogP contribution >= 0.6 is 0 Å². The predicted octanol–water partition coefficient (Wildman–Crippen LogP) is 0.165. The van der Waals surface area contributed by atoms with Gasteiger partial charge in [0.25, 0.3) is 0 Å². The van der Waals surface area contributed by atoms with Crippen molar-refractivity contribution in [1.29, 1.82) is 5.26 Å². The molecule has 0 aliphatic heterocycles. The third kappa shape index (κ3) is 3.67. The molecule has 1 aromatic rings. The van der Waals surface area contributed by atoms with Gasteiger partial charge in [0.15, 0.2) is 0 Å². The zero-order chi connectivity index (χ0) is 12.0. The van der Waals surface area contributed by atoms with Crippen molar-refractivity contribution >= 4 is 17.6 Å². The minimum absolute atomic E-state index is 0.220. The van der Waals surface area contributed by atoms with Gasteiger partial charge in [0.05, 0.1) is 18.2 Å². The second-order valence-electron chi connectivity index (χ2n) is 2.96. The van der Waals surface area contributed by atoms with Crippen molar-refractivity contribution in [2.24, 2.45) is 5.73 Å². The first-order chi connectivity index (χ1) is 7.61. The molecule has 0 heterocycles. The molecule has 0 saturated carbocycles. The van der Waals surface area contributed by atoms with Crippen LogP contribution in [-0.2, 0) is 4.79 Å². The molecule has 0 atom stereocenters. The van der Waals surface area contributed by atoms with E-state index in [2.05, 4.69) is 10.6 Å². The Bertz CT molecular complexity index is 433. The van der Waals surface area contributed by atoms with Crippen molar-refractivity contribution in [2.45, 2.75) is 0 Å². The summed E-state index contributed by atoms with van der Waals surface area (Å²) in [4.78, 5) is 21.6. The Balaban J connectivity index is 2.50. The fourth-order valence-electron chi connectivity index (χ4n) is 0.971. The van der Waals surface area contributed by atoms with Crippen molar-refractivity contribution in [3.8, 4) is 6.07 Å². The molecule has 1 rings (SSSR count). The highest BCUT2D eigenvalue weighted by atomic mass is 16.2. The van der Waals surface area contributed by atoms with E-state index in [0.29, 0.717) is 11.3 Å². The zero-order valence-electron chi connectivity index (χ0n) is 8.36. The van der Waals surface area contributed by atoms with Gasteiger partial charge in [-0.2, -0.15) is 5.26 Å². The lowest BCUT2D eigenvalue weighted by atomic mass is 10.2. The molecule has 6 heteroatoms. The average molecular weight is 218 g/mol. The maximum absolute atomic E-state index is 11.2. The number of carbonyl (C=O) groups is 2. The summed E-state index contributed by atoms with van der Waals surface area (Å²) < 4.78 is 0. The molecule has 0 aromatic heterocycles. The Morgan fingerprint density at radius 1 is 1.31 bits per heavy atom. The summed E-state index contributed by atoms with van der Waals surface area (Å²) in [5.41, 5.74) is 5.89. The van der Waals surface area contributed by atoms with Crippen LogP contribution in [0.2, 0.25) is 0 Å². The van der Waals surface area contributed by atoms with Crippen LogP contribution in [0.5, 0.6) is 0 Å². The number of nitrogens with one attached hydrogen (secondary N) is 2. The Hall–Kier alpha value is -2.55. The van der Waals surface area contributed by atoms with Gasteiger partial charge in [-0.15, -0.1) is 0 Å². The Morgan fingerprint density at radius 2 is 1.94 bits per heavy atom. The van der Waals surface area contributed by atoms with E-state index in [-0.39, 0.29) is 6.54 Å². The Labute approximate surface area is 92.0 Å². The standard InChI is InChI=1S/C10H10N4O2/c11-5-7-1-3-8(4-2-7)14-10(16)13-6-9(12)15/h1-4H,6H2,(H2,12,15)(H2,13,14,16). The third-order valence-corrected chi connectivity index (χ3v) is 1.70. The average Bonchev–Trinajstić information content (AvgIpc) is 2.27. The molecule has 16 heavy (non-hydrogen) atoms. The molecule has 1 aromatic carbocycles. The summed E-state index contributed by atoms with van der Waals surface area (Å²) in [5.74, 6) is -0.616. The van der Waals surface area contributed by atoms with E-state index in [0.717, 1.165) is 0 Å². The number of nitrogens with zero attached hydrogens (tertiary/aromatic N) is 1. The smallest absolute Gasteiger partial charge is 0.319 e. The monoisotopic (exact) mass is 218 g/mol. The SMILES string of the molecule is N#Cc1ccc(NC(=O)NCC(N)=O)cc1. The van der Waals surface area contributed by atoms with E-state index in [4.69, 9.17) is 11.0 Å². The number of amides is 3. The second kappa shape index (κ2) is 5.36. The van der Waals surface area contributed by atoms with E-state index in [1.807, 2.05) is 6.07 Å². The molecule has 0 saturated heterocycles. The van der Waals surface area contributed by atoms with Crippen LogP contribution in [0.4, 0.5) is 10.5 Å². The van der Waals surface area contributed by atoms with Crippen LogP contribution in [0.3, 0.4) is 0 Å². The largest absolute Gasteiger partial charge is 0.368 e. The van der Waals surface area contributed by atoms with Crippen molar-refractivity contribution in [3.63, 3.8) is 0 Å². The number of nitrogens with two attached hydrogens (primary N) is 1. The molecule has 3 amide bonds. The first-order valence-corrected chi connectivity index (χ1v) is 4.45. The van der Waals surface area contributed by atoms with Gasteiger partial charge in [0.1, 0.15) is 0 Å². The molecule has 4 N–H and O–H groups in total. The van der Waals surface area contributed by atoms with Gasteiger partial charge in [-0.3, -0.25) is 4.79 Å². The maximum atomic E-state index is 11.2. The van der Waals surface area contributed by atoms with Crippen LogP contribution in [-0.4, -0.2) is 18.5 Å². The molecule has 0 bridgehead atoms. The highest BCUT2D eigenvalue weighted by Gasteiger charge is 2.02. The highest BCUT2D eigenvalue weighted by molar-refractivity contribution is 5.91. The number of primary amides is 1. The number of anilines is 1. The number of hydrogen-bond donors (Lipinski definition) is 3. The first kappa shape index (κ1) is 11.5. The first-order valence-electron chi connectivity index (χ1n) is 4.45. The fourth-order valence-corrected chi connectivity index (χ4v) is 0.971. The summed E-state index contributed by atoms with van der Waals surface area (Å²) in [5, 5.41) is 13.3. The van der Waals surface area contributed by atoms with Gasteiger partial charge >= 0.3 is 6.03 Å². The van der Waals surface area contributed by atoms with Gasteiger partial charge in [-0.1, -0.05) is 0 Å². The fraction of sp³-hybridized carbons (Fsp3) is 0.100. The van der Waals surface area contributed by atoms with Crippen LogP contribution in [0.25, 0.3) is 0 Å². The summed E-state index contributed by atoms with van der Waals surface area (Å²) in [6, 6.07) is 7.75. The van der Waals surface area contributed by atoms with E-state index < -0.39 is 11.9 Å². The van der Waals surface area contributed by atoms with Crippen molar-refractivity contribution in [3.05, 3.63) is 29.8 Å².